The van der Waals surface area contributed by atoms with Gasteiger partial charge in [-0.1, -0.05) is 13.3 Å². The van der Waals surface area contributed by atoms with Crippen LogP contribution < -0.4 is 5.32 Å². The Morgan fingerprint density at radius 2 is 2.40 bits per heavy atom. The van der Waals surface area contributed by atoms with Gasteiger partial charge in [-0.25, -0.2) is 4.98 Å². The van der Waals surface area contributed by atoms with E-state index in [1.165, 1.54) is 30.0 Å². The first kappa shape index (κ1) is 11.1. The number of aryl methyl sites for hydroxylation is 1. The maximum atomic E-state index is 4.47. The molecular formula is C12H20N2S. The minimum absolute atomic E-state index is 0.754. The Morgan fingerprint density at radius 1 is 1.53 bits per heavy atom. The Bertz CT molecular complexity index is 308. The fourth-order valence-electron chi connectivity index (χ4n) is 2.36. The van der Waals surface area contributed by atoms with Crippen molar-refractivity contribution in [1.29, 1.82) is 0 Å². The summed E-state index contributed by atoms with van der Waals surface area (Å²) in [6, 6.07) is 0.754. The van der Waals surface area contributed by atoms with Gasteiger partial charge in [0.25, 0.3) is 0 Å². The van der Waals surface area contributed by atoms with Crippen molar-refractivity contribution in [2.45, 2.75) is 45.6 Å². The number of hydrogen-bond donors (Lipinski definition) is 1. The van der Waals surface area contributed by atoms with E-state index in [0.29, 0.717) is 0 Å². The number of nitrogens with one attached hydrogen (secondary N) is 1. The summed E-state index contributed by atoms with van der Waals surface area (Å²) in [6.07, 6.45) is 5.23. The molecule has 0 aliphatic heterocycles. The lowest BCUT2D eigenvalue weighted by Gasteiger charge is -2.16. The van der Waals surface area contributed by atoms with Gasteiger partial charge in [-0.3, -0.25) is 0 Å². The first-order valence-electron chi connectivity index (χ1n) is 5.90. The van der Waals surface area contributed by atoms with Gasteiger partial charge in [-0.15, -0.1) is 11.3 Å². The first-order chi connectivity index (χ1) is 7.25. The lowest BCUT2D eigenvalue weighted by molar-refractivity contribution is 0.429. The molecule has 1 aliphatic rings. The third kappa shape index (κ3) is 3.02. The average Bonchev–Trinajstić information content (AvgIpc) is 2.77. The second-order valence-corrected chi connectivity index (χ2v) is 5.64. The fraction of sp³-hybridized carbons (Fsp3) is 0.750. The fourth-order valence-corrected chi connectivity index (χ4v) is 3.00. The topological polar surface area (TPSA) is 24.9 Å². The van der Waals surface area contributed by atoms with Gasteiger partial charge < -0.3 is 5.32 Å². The molecule has 0 radical (unpaired) electrons. The summed E-state index contributed by atoms with van der Waals surface area (Å²) in [7, 11) is 0. The lowest BCUT2D eigenvalue weighted by Crippen LogP contribution is -2.32. The van der Waals surface area contributed by atoms with Gasteiger partial charge in [0.05, 0.1) is 10.7 Å². The summed E-state index contributed by atoms with van der Waals surface area (Å²) >= 11 is 1.75. The number of rotatable bonds is 4. The molecule has 1 aromatic rings. The molecule has 1 N–H and O–H groups in total. The smallest absolute Gasteiger partial charge is 0.0897 e. The molecule has 84 valence electrons. The van der Waals surface area contributed by atoms with E-state index in [1.807, 2.05) is 0 Å². The molecule has 2 nitrogen and oxygen atoms in total. The van der Waals surface area contributed by atoms with Crippen LogP contribution in [0.2, 0.25) is 0 Å². The van der Waals surface area contributed by atoms with Gasteiger partial charge in [0, 0.05) is 24.4 Å². The van der Waals surface area contributed by atoms with Crippen LogP contribution in [0, 0.1) is 12.8 Å². The maximum absolute atomic E-state index is 4.47. The highest BCUT2D eigenvalue weighted by atomic mass is 32.1. The van der Waals surface area contributed by atoms with E-state index in [-0.39, 0.29) is 0 Å². The molecule has 1 aliphatic carbocycles. The van der Waals surface area contributed by atoms with Crippen LogP contribution in [0.15, 0.2) is 5.38 Å². The highest BCUT2D eigenvalue weighted by Gasteiger charge is 2.22. The van der Waals surface area contributed by atoms with Gasteiger partial charge >= 0.3 is 0 Å². The first-order valence-corrected chi connectivity index (χ1v) is 6.78. The predicted octanol–water partition coefficient (Wildman–Crippen LogP) is 2.77. The second-order valence-electron chi connectivity index (χ2n) is 4.58. The largest absolute Gasteiger partial charge is 0.313 e. The van der Waals surface area contributed by atoms with Crippen LogP contribution in [0.4, 0.5) is 0 Å². The second kappa shape index (κ2) is 5.08. The van der Waals surface area contributed by atoms with Crippen LogP contribution in [0.3, 0.4) is 0 Å². The van der Waals surface area contributed by atoms with Crippen molar-refractivity contribution in [3.05, 3.63) is 16.1 Å². The van der Waals surface area contributed by atoms with Crippen molar-refractivity contribution >= 4 is 11.3 Å². The average molecular weight is 224 g/mol. The zero-order chi connectivity index (χ0) is 10.7. The Labute approximate surface area is 96.1 Å². The number of hydrogen-bond acceptors (Lipinski definition) is 3. The van der Waals surface area contributed by atoms with Crippen LogP contribution >= 0.6 is 11.3 Å². The van der Waals surface area contributed by atoms with Crippen molar-refractivity contribution in [3.8, 4) is 0 Å². The normalized spacial score (nSPS) is 26.0. The SMILES string of the molecule is Cc1nc(CCNC2CCCC2C)cs1. The number of thiazole rings is 1. The summed E-state index contributed by atoms with van der Waals surface area (Å²) in [5.41, 5.74) is 1.25. The summed E-state index contributed by atoms with van der Waals surface area (Å²) < 4.78 is 0. The van der Waals surface area contributed by atoms with Gasteiger partial charge in [-0.05, 0) is 25.7 Å². The molecule has 0 bridgehead atoms. The van der Waals surface area contributed by atoms with Gasteiger partial charge in [-0.2, -0.15) is 0 Å². The quantitative estimate of drug-likeness (QED) is 0.850. The van der Waals surface area contributed by atoms with Gasteiger partial charge in [0.2, 0.25) is 0 Å². The molecule has 0 amide bonds. The molecule has 2 unspecified atom stereocenters. The zero-order valence-electron chi connectivity index (χ0n) is 9.62. The summed E-state index contributed by atoms with van der Waals surface area (Å²) in [5.74, 6) is 0.863. The molecule has 2 rings (SSSR count). The summed E-state index contributed by atoms with van der Waals surface area (Å²) in [5, 5.41) is 7.01. The summed E-state index contributed by atoms with van der Waals surface area (Å²) in [4.78, 5) is 4.47. The van der Waals surface area contributed by atoms with Crippen molar-refractivity contribution < 1.29 is 0 Å². The molecule has 1 saturated carbocycles. The van der Waals surface area contributed by atoms with E-state index in [0.717, 1.165) is 24.9 Å². The van der Waals surface area contributed by atoms with Crippen LogP contribution in [-0.4, -0.2) is 17.6 Å². The molecule has 0 aromatic carbocycles. The van der Waals surface area contributed by atoms with Gasteiger partial charge in [0.15, 0.2) is 0 Å². The van der Waals surface area contributed by atoms with E-state index in [9.17, 15) is 0 Å². The maximum Gasteiger partial charge on any atom is 0.0897 e. The molecule has 0 saturated heterocycles. The van der Waals surface area contributed by atoms with E-state index >= 15 is 0 Å². The van der Waals surface area contributed by atoms with E-state index in [2.05, 4.69) is 29.5 Å². The highest BCUT2D eigenvalue weighted by molar-refractivity contribution is 7.09. The Kier molecular flexibility index (Phi) is 3.76. The summed E-state index contributed by atoms with van der Waals surface area (Å²) in [6.45, 7) is 5.51. The third-order valence-corrected chi connectivity index (χ3v) is 4.14. The third-order valence-electron chi connectivity index (χ3n) is 3.32. The molecular weight excluding hydrogens is 204 g/mol. The molecule has 1 heterocycles. The standard InChI is InChI=1S/C12H20N2S/c1-9-4-3-5-12(9)13-7-6-11-8-15-10(2)14-11/h8-9,12-13H,3-7H2,1-2H3. The van der Waals surface area contributed by atoms with Crippen molar-refractivity contribution in [2.24, 2.45) is 5.92 Å². The minimum Gasteiger partial charge on any atom is -0.313 e. The Hall–Kier alpha value is -0.410. The van der Waals surface area contributed by atoms with E-state index < -0.39 is 0 Å². The van der Waals surface area contributed by atoms with E-state index in [4.69, 9.17) is 0 Å². The van der Waals surface area contributed by atoms with Crippen molar-refractivity contribution in [2.75, 3.05) is 6.54 Å². The number of aromatic nitrogens is 1. The minimum atomic E-state index is 0.754. The zero-order valence-corrected chi connectivity index (χ0v) is 10.4. The monoisotopic (exact) mass is 224 g/mol. The van der Waals surface area contributed by atoms with Crippen LogP contribution in [0.5, 0.6) is 0 Å². The van der Waals surface area contributed by atoms with Crippen LogP contribution in [0.1, 0.15) is 36.9 Å². The molecule has 3 heteroatoms. The Balaban J connectivity index is 1.70. The predicted molar refractivity (Wildman–Crippen MR) is 65.4 cm³/mol. The van der Waals surface area contributed by atoms with Crippen molar-refractivity contribution in [1.82, 2.24) is 10.3 Å². The molecule has 2 atom stereocenters. The number of nitrogens with zero attached hydrogens (tertiary/aromatic N) is 1. The molecule has 1 fully saturated rings. The highest BCUT2D eigenvalue weighted by Crippen LogP contribution is 2.24. The van der Waals surface area contributed by atoms with Crippen LogP contribution in [-0.2, 0) is 6.42 Å². The Morgan fingerprint density at radius 3 is 3.00 bits per heavy atom. The molecule has 1 aromatic heterocycles. The van der Waals surface area contributed by atoms with Gasteiger partial charge in [0.1, 0.15) is 0 Å². The van der Waals surface area contributed by atoms with E-state index in [1.54, 1.807) is 11.3 Å². The van der Waals surface area contributed by atoms with Crippen molar-refractivity contribution in [3.63, 3.8) is 0 Å². The lowest BCUT2D eigenvalue weighted by atomic mass is 10.1. The molecule has 0 spiro atoms. The van der Waals surface area contributed by atoms with Crippen LogP contribution in [0.25, 0.3) is 0 Å². The molecule has 15 heavy (non-hydrogen) atoms.